The van der Waals surface area contributed by atoms with Gasteiger partial charge in [0.1, 0.15) is 17.5 Å². The molecule has 1 aromatic heterocycles. The van der Waals surface area contributed by atoms with Crippen molar-refractivity contribution in [2.45, 2.75) is 53.9 Å². The summed E-state index contributed by atoms with van der Waals surface area (Å²) in [7, 11) is 0. The second kappa shape index (κ2) is 10.1. The van der Waals surface area contributed by atoms with Crippen LogP contribution in [0, 0.1) is 0 Å². The first-order valence-corrected chi connectivity index (χ1v) is 6.64. The summed E-state index contributed by atoms with van der Waals surface area (Å²) in [5.41, 5.74) is 0. The van der Waals surface area contributed by atoms with Gasteiger partial charge in [-0.3, -0.25) is 0 Å². The highest BCUT2D eigenvalue weighted by Crippen LogP contribution is 1.98. The third kappa shape index (κ3) is 7.00. The Labute approximate surface area is 105 Å². The summed E-state index contributed by atoms with van der Waals surface area (Å²) in [5.74, 6) is 2.75. The van der Waals surface area contributed by atoms with E-state index >= 15 is 0 Å². The van der Waals surface area contributed by atoms with Gasteiger partial charge in [0, 0.05) is 19.3 Å². The third-order valence-corrected chi connectivity index (χ3v) is 2.22. The minimum atomic E-state index is 0.891. The molecule has 0 aliphatic carbocycles. The fraction of sp³-hybridized carbons (Fsp3) is 0.769. The Morgan fingerprint density at radius 1 is 0.647 bits per heavy atom. The van der Waals surface area contributed by atoms with E-state index in [0.29, 0.717) is 0 Å². The van der Waals surface area contributed by atoms with Crippen molar-refractivity contribution in [3.05, 3.63) is 17.5 Å². The fourth-order valence-electron chi connectivity index (χ4n) is 1.25. The molecule has 4 heteroatoms. The van der Waals surface area contributed by atoms with Gasteiger partial charge in [-0.05, 0) is 13.1 Å². The van der Waals surface area contributed by atoms with E-state index in [4.69, 9.17) is 0 Å². The molecule has 4 nitrogen and oxygen atoms in total. The van der Waals surface area contributed by atoms with Crippen molar-refractivity contribution in [3.63, 3.8) is 0 Å². The molecule has 0 aromatic carbocycles. The molecule has 0 saturated heterocycles. The second-order valence-electron chi connectivity index (χ2n) is 3.60. The molecule has 0 aliphatic rings. The summed E-state index contributed by atoms with van der Waals surface area (Å²) in [4.78, 5) is 12.9. The van der Waals surface area contributed by atoms with Crippen LogP contribution in [0.3, 0.4) is 0 Å². The van der Waals surface area contributed by atoms with Gasteiger partial charge in [0.15, 0.2) is 0 Å². The molecule has 0 radical (unpaired) electrons. The van der Waals surface area contributed by atoms with Crippen molar-refractivity contribution in [2.75, 3.05) is 13.1 Å². The van der Waals surface area contributed by atoms with Crippen molar-refractivity contribution in [1.82, 2.24) is 20.3 Å². The zero-order chi connectivity index (χ0) is 13.1. The van der Waals surface area contributed by atoms with Crippen molar-refractivity contribution in [1.29, 1.82) is 0 Å². The summed E-state index contributed by atoms with van der Waals surface area (Å²) in [6.07, 6.45) is 2.67. The zero-order valence-electron chi connectivity index (χ0n) is 11.9. The molecule has 0 spiro atoms. The SMILES string of the molecule is CCNCC.CCc1nc(CC)nc(CC)n1. The smallest absolute Gasteiger partial charge is 0.132 e. The molecular formula is C13H26N4. The van der Waals surface area contributed by atoms with Crippen LogP contribution in [0.15, 0.2) is 0 Å². The predicted molar refractivity (Wildman–Crippen MR) is 72.2 cm³/mol. The molecule has 0 aliphatic heterocycles. The lowest BCUT2D eigenvalue weighted by molar-refractivity contribution is 0.762. The van der Waals surface area contributed by atoms with E-state index in [2.05, 4.69) is 54.9 Å². The Kier molecular flexibility index (Phi) is 9.53. The first-order chi connectivity index (χ1) is 8.21. The fourth-order valence-corrected chi connectivity index (χ4v) is 1.25. The summed E-state index contributed by atoms with van der Waals surface area (Å²) in [6, 6.07) is 0. The number of nitrogens with zero attached hydrogens (tertiary/aromatic N) is 3. The van der Waals surface area contributed by atoms with Crippen LogP contribution in [-0.2, 0) is 19.3 Å². The van der Waals surface area contributed by atoms with Gasteiger partial charge in [0.25, 0.3) is 0 Å². The number of aromatic nitrogens is 3. The maximum absolute atomic E-state index is 4.30. The van der Waals surface area contributed by atoms with Crippen LogP contribution < -0.4 is 5.32 Å². The molecule has 0 atom stereocenters. The number of hydrogen-bond acceptors (Lipinski definition) is 4. The predicted octanol–water partition coefficient (Wildman–Crippen LogP) is 2.17. The quantitative estimate of drug-likeness (QED) is 0.854. The molecule has 0 fully saturated rings. The maximum atomic E-state index is 4.30. The lowest BCUT2D eigenvalue weighted by atomic mass is 10.3. The molecule has 0 amide bonds. The average Bonchev–Trinajstić information content (AvgIpc) is 2.39. The van der Waals surface area contributed by atoms with Crippen LogP contribution in [0.1, 0.15) is 52.1 Å². The Hall–Kier alpha value is -1.03. The Bertz CT molecular complexity index is 242. The van der Waals surface area contributed by atoms with Gasteiger partial charge in [-0.1, -0.05) is 34.6 Å². The van der Waals surface area contributed by atoms with Crippen LogP contribution in [-0.4, -0.2) is 28.0 Å². The molecule has 0 saturated carbocycles. The van der Waals surface area contributed by atoms with Crippen LogP contribution >= 0.6 is 0 Å². The van der Waals surface area contributed by atoms with Gasteiger partial charge in [-0.25, -0.2) is 15.0 Å². The van der Waals surface area contributed by atoms with E-state index in [1.54, 1.807) is 0 Å². The first-order valence-electron chi connectivity index (χ1n) is 6.64. The second-order valence-corrected chi connectivity index (χ2v) is 3.60. The van der Waals surface area contributed by atoms with Gasteiger partial charge in [-0.2, -0.15) is 0 Å². The normalized spacial score (nSPS) is 9.71. The van der Waals surface area contributed by atoms with E-state index < -0.39 is 0 Å². The van der Waals surface area contributed by atoms with Crippen molar-refractivity contribution < 1.29 is 0 Å². The van der Waals surface area contributed by atoms with E-state index in [1.165, 1.54) is 0 Å². The monoisotopic (exact) mass is 238 g/mol. The van der Waals surface area contributed by atoms with Gasteiger partial charge in [-0.15, -0.1) is 0 Å². The average molecular weight is 238 g/mol. The number of aryl methyl sites for hydroxylation is 3. The molecule has 98 valence electrons. The Morgan fingerprint density at radius 2 is 0.941 bits per heavy atom. The zero-order valence-corrected chi connectivity index (χ0v) is 11.9. The summed E-state index contributed by atoms with van der Waals surface area (Å²) >= 11 is 0. The molecule has 1 heterocycles. The van der Waals surface area contributed by atoms with Crippen LogP contribution in [0.2, 0.25) is 0 Å². The van der Waals surface area contributed by atoms with E-state index in [9.17, 15) is 0 Å². The van der Waals surface area contributed by atoms with E-state index in [-0.39, 0.29) is 0 Å². The van der Waals surface area contributed by atoms with Gasteiger partial charge in [0.2, 0.25) is 0 Å². The van der Waals surface area contributed by atoms with Crippen molar-refractivity contribution >= 4 is 0 Å². The standard InChI is InChI=1S/C9H15N3.C4H11N/c1-4-7-10-8(5-2)12-9(6-3)11-7;1-3-5-4-2/h4-6H2,1-3H3;5H,3-4H2,1-2H3. The Balaban J connectivity index is 0.000000437. The van der Waals surface area contributed by atoms with Gasteiger partial charge < -0.3 is 5.32 Å². The molecule has 0 bridgehead atoms. The summed E-state index contributed by atoms with van der Waals surface area (Å²) < 4.78 is 0. The van der Waals surface area contributed by atoms with Gasteiger partial charge in [0.05, 0.1) is 0 Å². The minimum Gasteiger partial charge on any atom is -0.317 e. The molecular weight excluding hydrogens is 212 g/mol. The van der Waals surface area contributed by atoms with Crippen LogP contribution in [0.25, 0.3) is 0 Å². The van der Waals surface area contributed by atoms with Crippen LogP contribution in [0.5, 0.6) is 0 Å². The molecule has 0 unspecified atom stereocenters. The molecule has 17 heavy (non-hydrogen) atoms. The first kappa shape index (κ1) is 16.0. The highest BCUT2D eigenvalue weighted by atomic mass is 15.0. The molecule has 1 rings (SSSR count). The third-order valence-electron chi connectivity index (χ3n) is 2.22. The summed E-state index contributed by atoms with van der Waals surface area (Å²) in [6.45, 7) is 12.6. The largest absolute Gasteiger partial charge is 0.317 e. The van der Waals surface area contributed by atoms with Crippen molar-refractivity contribution in [3.8, 4) is 0 Å². The topological polar surface area (TPSA) is 50.7 Å². The number of nitrogens with one attached hydrogen (secondary N) is 1. The highest BCUT2D eigenvalue weighted by molar-refractivity contribution is 4.97. The lowest BCUT2D eigenvalue weighted by Crippen LogP contribution is -2.09. The number of rotatable bonds is 5. The van der Waals surface area contributed by atoms with E-state index in [1.807, 2.05) is 0 Å². The maximum Gasteiger partial charge on any atom is 0.132 e. The highest BCUT2D eigenvalue weighted by Gasteiger charge is 2.01. The lowest BCUT2D eigenvalue weighted by Gasteiger charge is -2.01. The Morgan fingerprint density at radius 3 is 1.06 bits per heavy atom. The number of hydrogen-bond donors (Lipinski definition) is 1. The van der Waals surface area contributed by atoms with Crippen molar-refractivity contribution in [2.24, 2.45) is 0 Å². The minimum absolute atomic E-state index is 0.891. The van der Waals surface area contributed by atoms with Crippen LogP contribution in [0.4, 0.5) is 0 Å². The molecule has 1 aromatic rings. The van der Waals surface area contributed by atoms with Gasteiger partial charge >= 0.3 is 0 Å². The van der Waals surface area contributed by atoms with E-state index in [0.717, 1.165) is 49.8 Å². The molecule has 1 N–H and O–H groups in total. The summed E-state index contributed by atoms with van der Waals surface area (Å²) in [5, 5.41) is 3.11.